The predicted molar refractivity (Wildman–Crippen MR) is 116 cm³/mol. The number of aliphatic carboxylic acids is 1. The number of amides is 1. The zero-order valence-corrected chi connectivity index (χ0v) is 17.4. The van der Waals surface area contributed by atoms with Crippen molar-refractivity contribution in [1.29, 1.82) is 0 Å². The van der Waals surface area contributed by atoms with Gasteiger partial charge in [-0.2, -0.15) is 5.10 Å². The number of carbonyl (C=O) groups excluding carboxylic acids is 1. The first-order valence-electron chi connectivity index (χ1n) is 8.80. The molecular formula is C20H18ClN3O5S. The van der Waals surface area contributed by atoms with E-state index in [-0.39, 0.29) is 17.5 Å². The zero-order valence-electron chi connectivity index (χ0n) is 15.9. The number of rotatable bonds is 8. The molecule has 1 aliphatic rings. The van der Waals surface area contributed by atoms with E-state index in [2.05, 4.69) is 15.5 Å². The molecule has 2 aromatic rings. The molecule has 2 aromatic carbocycles. The Labute approximate surface area is 181 Å². The third kappa shape index (κ3) is 5.98. The smallest absolute Gasteiger partial charge is 0.305 e. The van der Waals surface area contributed by atoms with E-state index in [0.717, 1.165) is 17.3 Å². The van der Waals surface area contributed by atoms with Crippen molar-refractivity contribution < 1.29 is 24.2 Å². The van der Waals surface area contributed by atoms with Crippen LogP contribution in [-0.2, 0) is 16.2 Å². The van der Waals surface area contributed by atoms with Crippen molar-refractivity contribution >= 4 is 46.6 Å². The number of amidine groups is 1. The van der Waals surface area contributed by atoms with Crippen LogP contribution in [0.5, 0.6) is 11.5 Å². The Bertz CT molecular complexity index is 1010. The number of hydrogen-bond donors (Lipinski definition) is 2. The highest BCUT2D eigenvalue weighted by molar-refractivity contribution is 8.15. The second-order valence-corrected chi connectivity index (χ2v) is 7.80. The molecule has 30 heavy (non-hydrogen) atoms. The van der Waals surface area contributed by atoms with Gasteiger partial charge >= 0.3 is 5.97 Å². The van der Waals surface area contributed by atoms with Gasteiger partial charge in [-0.05, 0) is 41.5 Å². The van der Waals surface area contributed by atoms with Crippen LogP contribution in [0.3, 0.4) is 0 Å². The second-order valence-electron chi connectivity index (χ2n) is 6.17. The molecule has 1 heterocycles. The summed E-state index contributed by atoms with van der Waals surface area (Å²) < 4.78 is 11.2. The number of ether oxygens (including phenoxy) is 2. The molecular weight excluding hydrogens is 430 g/mol. The molecule has 1 atom stereocenters. The Morgan fingerprint density at radius 1 is 1.30 bits per heavy atom. The third-order valence-corrected chi connectivity index (χ3v) is 5.27. The lowest BCUT2D eigenvalue weighted by atomic mass is 10.2. The molecule has 10 heteroatoms. The summed E-state index contributed by atoms with van der Waals surface area (Å²) in [5.41, 5.74) is 1.64. The van der Waals surface area contributed by atoms with E-state index in [1.807, 2.05) is 18.2 Å². The fraction of sp³-hybridized carbons (Fsp3) is 0.200. The molecule has 156 valence electrons. The lowest BCUT2D eigenvalue weighted by Crippen LogP contribution is -2.26. The molecule has 1 unspecified atom stereocenters. The second kappa shape index (κ2) is 10.1. The Morgan fingerprint density at radius 2 is 2.13 bits per heavy atom. The van der Waals surface area contributed by atoms with E-state index in [1.54, 1.807) is 24.3 Å². The molecule has 1 saturated heterocycles. The number of nitrogens with zero attached hydrogens (tertiary/aromatic N) is 2. The van der Waals surface area contributed by atoms with Crippen molar-refractivity contribution in [2.75, 3.05) is 7.11 Å². The normalized spacial score (nSPS) is 17.3. The summed E-state index contributed by atoms with van der Waals surface area (Å²) >= 11 is 7.02. The van der Waals surface area contributed by atoms with Gasteiger partial charge in [-0.1, -0.05) is 35.5 Å². The topological polar surface area (TPSA) is 110 Å². The fourth-order valence-corrected chi connectivity index (χ4v) is 3.69. The maximum absolute atomic E-state index is 11.7. The maximum atomic E-state index is 11.7. The minimum Gasteiger partial charge on any atom is -0.493 e. The van der Waals surface area contributed by atoms with Gasteiger partial charge < -0.3 is 19.9 Å². The van der Waals surface area contributed by atoms with Crippen LogP contribution in [0.25, 0.3) is 0 Å². The summed E-state index contributed by atoms with van der Waals surface area (Å²) in [6.45, 7) is 0.340. The van der Waals surface area contributed by atoms with Gasteiger partial charge in [0.1, 0.15) is 11.9 Å². The van der Waals surface area contributed by atoms with Crippen LogP contribution in [0.1, 0.15) is 17.5 Å². The molecule has 0 aromatic heterocycles. The molecule has 0 radical (unpaired) electrons. The Morgan fingerprint density at radius 3 is 2.87 bits per heavy atom. The molecule has 1 amide bonds. The van der Waals surface area contributed by atoms with Crippen molar-refractivity contribution in [2.45, 2.75) is 18.3 Å². The zero-order chi connectivity index (χ0) is 21.5. The van der Waals surface area contributed by atoms with Crippen molar-refractivity contribution in [3.8, 4) is 11.5 Å². The molecule has 1 aliphatic heterocycles. The largest absolute Gasteiger partial charge is 0.493 e. The lowest BCUT2D eigenvalue weighted by molar-refractivity contribution is -0.138. The number of carboxylic acid groups (broad SMARTS) is 1. The van der Waals surface area contributed by atoms with Crippen LogP contribution < -0.4 is 14.8 Å². The number of methoxy groups -OCH3 is 1. The molecule has 8 nitrogen and oxygen atoms in total. The first-order chi connectivity index (χ1) is 14.4. The Hall–Kier alpha value is -3.04. The summed E-state index contributed by atoms with van der Waals surface area (Å²) in [7, 11) is 1.54. The van der Waals surface area contributed by atoms with Crippen LogP contribution in [0, 0.1) is 0 Å². The van der Waals surface area contributed by atoms with Crippen LogP contribution in [0.2, 0.25) is 5.02 Å². The monoisotopic (exact) mass is 447 g/mol. The first kappa shape index (κ1) is 21.7. The molecule has 0 aliphatic carbocycles. The standard InChI is InChI=1S/C20H18ClN3O5S/c1-28-16-8-12(5-6-15(16)29-11-13-3-2-4-14(21)7-13)10-22-24-20-23-19(27)17(30-20)9-18(25)26/h2-8,10,17H,9,11H2,1H3,(H,25,26)(H,23,24,27)/b22-10+. The molecule has 0 spiro atoms. The van der Waals surface area contributed by atoms with E-state index in [1.165, 1.54) is 13.3 Å². The van der Waals surface area contributed by atoms with Crippen LogP contribution in [0.4, 0.5) is 0 Å². The molecule has 1 fully saturated rings. The average molecular weight is 448 g/mol. The number of carbonyl (C=O) groups is 2. The summed E-state index contributed by atoms with van der Waals surface area (Å²) in [6, 6.07) is 12.7. The molecule has 0 bridgehead atoms. The number of carboxylic acids is 1. The van der Waals surface area contributed by atoms with E-state index in [0.29, 0.717) is 28.7 Å². The van der Waals surface area contributed by atoms with Crippen molar-refractivity contribution in [2.24, 2.45) is 10.2 Å². The van der Waals surface area contributed by atoms with Gasteiger partial charge in [-0.3, -0.25) is 9.59 Å². The number of hydrogen-bond acceptors (Lipinski definition) is 7. The number of benzene rings is 2. The van der Waals surface area contributed by atoms with E-state index in [9.17, 15) is 9.59 Å². The van der Waals surface area contributed by atoms with Crippen LogP contribution in [0.15, 0.2) is 52.7 Å². The van der Waals surface area contributed by atoms with Crippen molar-refractivity contribution in [1.82, 2.24) is 5.32 Å². The Balaban J connectivity index is 1.63. The third-order valence-electron chi connectivity index (χ3n) is 3.96. The highest BCUT2D eigenvalue weighted by atomic mass is 35.5. The minimum atomic E-state index is -1.04. The van der Waals surface area contributed by atoms with Gasteiger partial charge in [0.05, 0.1) is 19.7 Å². The summed E-state index contributed by atoms with van der Waals surface area (Å²) in [5, 5.41) is 19.4. The summed E-state index contributed by atoms with van der Waals surface area (Å²) in [6.07, 6.45) is 1.22. The number of nitrogens with one attached hydrogen (secondary N) is 1. The van der Waals surface area contributed by atoms with Gasteiger partial charge in [-0.15, -0.1) is 5.10 Å². The average Bonchev–Trinajstić information content (AvgIpc) is 3.05. The quantitative estimate of drug-likeness (QED) is 0.474. The molecule has 2 N–H and O–H groups in total. The van der Waals surface area contributed by atoms with Crippen LogP contribution >= 0.6 is 23.4 Å². The van der Waals surface area contributed by atoms with E-state index in [4.69, 9.17) is 26.2 Å². The van der Waals surface area contributed by atoms with E-state index < -0.39 is 11.2 Å². The highest BCUT2D eigenvalue weighted by Crippen LogP contribution is 2.29. The fourth-order valence-electron chi connectivity index (χ4n) is 2.56. The number of thioether (sulfide) groups is 1. The van der Waals surface area contributed by atoms with Crippen LogP contribution in [-0.4, -0.2) is 40.7 Å². The number of halogens is 1. The summed E-state index contributed by atoms with van der Waals surface area (Å²) in [4.78, 5) is 22.4. The van der Waals surface area contributed by atoms with Gasteiger partial charge in [-0.25, -0.2) is 0 Å². The molecule has 3 rings (SSSR count). The molecule has 0 saturated carbocycles. The van der Waals surface area contributed by atoms with Crippen molar-refractivity contribution in [3.63, 3.8) is 0 Å². The minimum absolute atomic E-state index is 0.260. The van der Waals surface area contributed by atoms with Gasteiger partial charge in [0, 0.05) is 5.02 Å². The van der Waals surface area contributed by atoms with Gasteiger partial charge in [0.15, 0.2) is 16.7 Å². The SMILES string of the molecule is COc1cc(/C=N/N=C2/NC(=O)C(CC(=O)O)S2)ccc1OCc1cccc(Cl)c1. The van der Waals surface area contributed by atoms with Crippen molar-refractivity contribution in [3.05, 3.63) is 58.6 Å². The highest BCUT2D eigenvalue weighted by Gasteiger charge is 2.32. The maximum Gasteiger partial charge on any atom is 0.305 e. The van der Waals surface area contributed by atoms with Gasteiger partial charge in [0.2, 0.25) is 5.91 Å². The predicted octanol–water partition coefficient (Wildman–Crippen LogP) is 3.32. The Kier molecular flexibility index (Phi) is 7.31. The van der Waals surface area contributed by atoms with Gasteiger partial charge in [0.25, 0.3) is 0 Å². The van der Waals surface area contributed by atoms with E-state index >= 15 is 0 Å². The summed E-state index contributed by atoms with van der Waals surface area (Å²) in [5.74, 6) is -0.342. The lowest BCUT2D eigenvalue weighted by Gasteiger charge is -2.11. The first-order valence-corrected chi connectivity index (χ1v) is 10.1.